The van der Waals surface area contributed by atoms with Crippen molar-refractivity contribution >= 4 is 61.9 Å². The van der Waals surface area contributed by atoms with Crippen LogP contribution >= 0.6 is 39.1 Å². The predicted octanol–water partition coefficient (Wildman–Crippen LogP) is 3.45. The Bertz CT molecular complexity index is 1030. The highest BCUT2D eigenvalue weighted by Crippen LogP contribution is 2.31. The van der Waals surface area contributed by atoms with E-state index in [-0.39, 0.29) is 17.3 Å². The minimum atomic E-state index is -0.278. The van der Waals surface area contributed by atoms with Crippen LogP contribution in [0.25, 0.3) is 11.0 Å². The van der Waals surface area contributed by atoms with Gasteiger partial charge in [-0.05, 0) is 46.1 Å². The molecule has 124 valence electrons. The first-order valence-corrected chi connectivity index (χ1v) is 8.40. The Morgan fingerprint density at radius 2 is 1.92 bits per heavy atom. The number of aryl methyl sites for hydroxylation is 1. The number of anilines is 2. The maximum Gasteiger partial charge on any atom is 0.253 e. The number of rotatable bonds is 2. The molecule has 24 heavy (non-hydrogen) atoms. The summed E-state index contributed by atoms with van der Waals surface area (Å²) in [5.41, 5.74) is 13.5. The monoisotopic (exact) mass is 427 g/mol. The molecule has 0 aliphatic heterocycles. The molecule has 3 aromatic rings. The Morgan fingerprint density at radius 3 is 2.62 bits per heavy atom. The lowest BCUT2D eigenvalue weighted by molar-refractivity contribution is 1.07. The van der Waals surface area contributed by atoms with Crippen LogP contribution in [0.15, 0.2) is 21.4 Å². The zero-order valence-corrected chi connectivity index (χ0v) is 15.6. The number of nitrogens with one attached hydrogen (secondary N) is 1. The molecule has 2 heterocycles. The first-order valence-electron chi connectivity index (χ1n) is 6.85. The maximum absolute atomic E-state index is 12.5. The van der Waals surface area contributed by atoms with Crippen LogP contribution < -0.4 is 17.0 Å². The third kappa shape index (κ3) is 2.94. The van der Waals surface area contributed by atoms with Crippen molar-refractivity contribution in [2.45, 2.75) is 13.3 Å². The average Bonchev–Trinajstić information content (AvgIpc) is 2.47. The van der Waals surface area contributed by atoms with Gasteiger partial charge in [0.1, 0.15) is 11.5 Å². The number of aromatic nitrogens is 3. The summed E-state index contributed by atoms with van der Waals surface area (Å²) in [5, 5.41) is 1.55. The van der Waals surface area contributed by atoms with Crippen molar-refractivity contribution in [1.29, 1.82) is 0 Å². The van der Waals surface area contributed by atoms with E-state index in [0.717, 1.165) is 5.56 Å². The zero-order chi connectivity index (χ0) is 17.6. The van der Waals surface area contributed by atoms with Crippen LogP contribution in [0.5, 0.6) is 0 Å². The zero-order valence-electron chi connectivity index (χ0n) is 12.5. The first kappa shape index (κ1) is 17.0. The molecule has 9 heteroatoms. The lowest BCUT2D eigenvalue weighted by atomic mass is 10.00. The number of aromatic amines is 1. The van der Waals surface area contributed by atoms with Gasteiger partial charge in [-0.2, -0.15) is 9.97 Å². The highest BCUT2D eigenvalue weighted by Gasteiger charge is 2.16. The van der Waals surface area contributed by atoms with Crippen molar-refractivity contribution < 1.29 is 0 Å². The molecule has 0 unspecified atom stereocenters. The molecule has 1 aromatic carbocycles. The second kappa shape index (κ2) is 6.23. The number of benzene rings is 1. The van der Waals surface area contributed by atoms with Gasteiger partial charge < -0.3 is 16.5 Å². The highest BCUT2D eigenvalue weighted by atomic mass is 79.9. The van der Waals surface area contributed by atoms with E-state index in [4.69, 9.17) is 34.7 Å². The van der Waals surface area contributed by atoms with Gasteiger partial charge in [-0.3, -0.25) is 4.79 Å². The van der Waals surface area contributed by atoms with Crippen molar-refractivity contribution in [3.8, 4) is 0 Å². The van der Waals surface area contributed by atoms with Gasteiger partial charge in [-0.15, -0.1) is 0 Å². The second-order valence-electron chi connectivity index (χ2n) is 5.28. The number of nitrogens with zero attached hydrogens (tertiary/aromatic N) is 2. The van der Waals surface area contributed by atoms with Crippen molar-refractivity contribution in [2.24, 2.45) is 0 Å². The quantitative estimate of drug-likeness (QED) is 0.541. The number of hydrogen-bond donors (Lipinski definition) is 3. The number of nitrogen functional groups attached to an aromatic ring is 2. The van der Waals surface area contributed by atoms with Crippen molar-refractivity contribution in [3.63, 3.8) is 0 Å². The van der Waals surface area contributed by atoms with Crippen LogP contribution in [0, 0.1) is 6.92 Å². The van der Waals surface area contributed by atoms with Gasteiger partial charge in [0.2, 0.25) is 5.95 Å². The van der Waals surface area contributed by atoms with E-state index in [9.17, 15) is 4.79 Å². The van der Waals surface area contributed by atoms with E-state index in [1.165, 1.54) is 0 Å². The van der Waals surface area contributed by atoms with Crippen LogP contribution in [0.2, 0.25) is 10.0 Å². The Kier molecular flexibility index (Phi) is 4.42. The number of nitrogens with two attached hydrogens (primary N) is 2. The molecule has 0 aliphatic carbocycles. The third-order valence-electron chi connectivity index (χ3n) is 3.74. The van der Waals surface area contributed by atoms with E-state index in [1.807, 2.05) is 0 Å². The van der Waals surface area contributed by atoms with Crippen LogP contribution in [0.1, 0.15) is 16.7 Å². The number of hydrogen-bond acceptors (Lipinski definition) is 5. The van der Waals surface area contributed by atoms with E-state index >= 15 is 0 Å². The average molecular weight is 429 g/mol. The van der Waals surface area contributed by atoms with Crippen molar-refractivity contribution in [1.82, 2.24) is 15.0 Å². The SMILES string of the molecule is Cc1c(Cc2cc(Br)c(Cl)cc2Cl)c(=O)[nH]c2nc(N)nc(N)c12. The molecule has 2 aromatic heterocycles. The summed E-state index contributed by atoms with van der Waals surface area (Å²) in [5.74, 6) is 0.225. The predicted molar refractivity (Wildman–Crippen MR) is 101 cm³/mol. The molecule has 0 saturated heterocycles. The van der Waals surface area contributed by atoms with Gasteiger partial charge in [0.25, 0.3) is 5.56 Å². The summed E-state index contributed by atoms with van der Waals surface area (Å²) in [7, 11) is 0. The lowest BCUT2D eigenvalue weighted by Gasteiger charge is -2.12. The number of H-pyrrole nitrogens is 1. The van der Waals surface area contributed by atoms with Gasteiger partial charge in [-0.1, -0.05) is 23.2 Å². The first-order chi connectivity index (χ1) is 11.3. The van der Waals surface area contributed by atoms with Crippen LogP contribution in [-0.2, 0) is 6.42 Å². The van der Waals surface area contributed by atoms with Gasteiger partial charge in [0.05, 0.1) is 10.4 Å². The molecular weight excluding hydrogens is 417 g/mol. The Labute approximate surface area is 155 Å². The molecule has 0 aliphatic rings. The summed E-state index contributed by atoms with van der Waals surface area (Å²) < 4.78 is 0.703. The molecule has 0 amide bonds. The van der Waals surface area contributed by atoms with E-state index in [2.05, 4.69) is 30.9 Å². The van der Waals surface area contributed by atoms with E-state index in [0.29, 0.717) is 43.1 Å². The fourth-order valence-electron chi connectivity index (χ4n) is 2.56. The third-order valence-corrected chi connectivity index (χ3v) is 5.29. The van der Waals surface area contributed by atoms with Crippen molar-refractivity contribution in [2.75, 3.05) is 11.5 Å². The van der Waals surface area contributed by atoms with Gasteiger partial charge >= 0.3 is 0 Å². The molecule has 0 spiro atoms. The smallest absolute Gasteiger partial charge is 0.253 e. The largest absolute Gasteiger partial charge is 0.383 e. The minimum absolute atomic E-state index is 0.00692. The maximum atomic E-state index is 12.5. The highest BCUT2D eigenvalue weighted by molar-refractivity contribution is 9.10. The topological polar surface area (TPSA) is 111 Å². The fraction of sp³-hybridized carbons (Fsp3) is 0.133. The number of fused-ring (bicyclic) bond motifs is 1. The summed E-state index contributed by atoms with van der Waals surface area (Å²) in [6.45, 7) is 1.79. The van der Waals surface area contributed by atoms with Crippen molar-refractivity contribution in [3.05, 3.63) is 53.7 Å². The standard InChI is InChI=1S/C15H12BrCl2N5O/c1-5-7(2-6-3-8(16)10(18)4-9(6)17)14(24)22-13-11(5)12(19)21-15(20)23-13/h3-4H,2H2,1H3,(H5,19,20,21,22,23,24). The molecular formula is C15H12BrCl2N5O. The van der Waals surface area contributed by atoms with E-state index in [1.54, 1.807) is 19.1 Å². The second-order valence-corrected chi connectivity index (χ2v) is 6.95. The molecule has 3 rings (SSSR count). The van der Waals surface area contributed by atoms with Crippen LogP contribution in [0.3, 0.4) is 0 Å². The molecule has 0 saturated carbocycles. The van der Waals surface area contributed by atoms with Crippen LogP contribution in [-0.4, -0.2) is 15.0 Å². The molecule has 0 radical (unpaired) electrons. The molecule has 5 N–H and O–H groups in total. The Hall–Kier alpha value is -1.83. The number of halogens is 3. The molecule has 6 nitrogen and oxygen atoms in total. The molecule has 0 fully saturated rings. The summed E-state index contributed by atoms with van der Waals surface area (Å²) in [4.78, 5) is 23.1. The lowest BCUT2D eigenvalue weighted by Crippen LogP contribution is -2.17. The Morgan fingerprint density at radius 1 is 1.21 bits per heavy atom. The van der Waals surface area contributed by atoms with E-state index < -0.39 is 0 Å². The minimum Gasteiger partial charge on any atom is -0.383 e. The molecule has 0 atom stereocenters. The Balaban J connectivity index is 2.21. The molecule has 0 bridgehead atoms. The fourth-order valence-corrected chi connectivity index (χ4v) is 3.40. The van der Waals surface area contributed by atoms with Crippen LogP contribution in [0.4, 0.5) is 11.8 Å². The van der Waals surface area contributed by atoms with Gasteiger partial charge in [0.15, 0.2) is 0 Å². The van der Waals surface area contributed by atoms with Gasteiger partial charge in [0, 0.05) is 21.5 Å². The summed E-state index contributed by atoms with van der Waals surface area (Å²) >= 11 is 15.6. The van der Waals surface area contributed by atoms with Gasteiger partial charge in [-0.25, -0.2) is 0 Å². The normalized spacial score (nSPS) is 11.2. The summed E-state index contributed by atoms with van der Waals surface area (Å²) in [6.07, 6.45) is 0.315. The number of pyridine rings is 1. The summed E-state index contributed by atoms with van der Waals surface area (Å²) in [6, 6.07) is 3.42.